The molecule has 0 fully saturated rings. The second-order valence-corrected chi connectivity index (χ2v) is 7.01. The maximum absolute atomic E-state index is 3.43. The first kappa shape index (κ1) is 17.9. The molecule has 0 saturated carbocycles. The summed E-state index contributed by atoms with van der Waals surface area (Å²) in [5, 5.41) is 0. The van der Waals surface area contributed by atoms with Crippen LogP contribution in [0.2, 0.25) is 0 Å². The fourth-order valence-electron chi connectivity index (χ4n) is 2.00. The lowest BCUT2D eigenvalue weighted by molar-refractivity contribution is 0.709. The highest BCUT2D eigenvalue weighted by Crippen LogP contribution is 2.10. The van der Waals surface area contributed by atoms with E-state index in [1.54, 1.807) is 0 Å². The fourth-order valence-corrected chi connectivity index (χ4v) is 2.53. The van der Waals surface area contributed by atoms with Crippen molar-refractivity contribution < 1.29 is 0 Å². The lowest BCUT2D eigenvalue weighted by Crippen LogP contribution is -1.77. The minimum absolute atomic E-state index is 0.955. The molecule has 0 spiro atoms. The number of unbranched alkanes of at least 4 members (excludes halogenated alkanes) is 4. The minimum atomic E-state index is 0.955. The van der Waals surface area contributed by atoms with Crippen molar-refractivity contribution in [3.63, 3.8) is 0 Å². The maximum atomic E-state index is 3.43. The average Bonchev–Trinajstić information content (AvgIpc) is 2.56. The second kappa shape index (κ2) is 10.3. The molecule has 0 atom stereocenters. The van der Waals surface area contributed by atoms with Crippen LogP contribution in [0.3, 0.4) is 0 Å². The van der Waals surface area contributed by atoms with E-state index in [0.29, 0.717) is 0 Å². The summed E-state index contributed by atoms with van der Waals surface area (Å²) in [5.41, 5.74) is 2.15. The van der Waals surface area contributed by atoms with Crippen LogP contribution >= 0.6 is 31.9 Å². The lowest BCUT2D eigenvalue weighted by Gasteiger charge is -1.93. The molecule has 2 heteroatoms. The van der Waals surface area contributed by atoms with Crippen LogP contribution in [0.5, 0.6) is 0 Å². The second-order valence-electron chi connectivity index (χ2n) is 5.18. The zero-order valence-corrected chi connectivity index (χ0v) is 16.1. The van der Waals surface area contributed by atoms with E-state index in [2.05, 4.69) is 55.5 Å². The number of hydrogen-bond acceptors (Lipinski definition) is 0. The van der Waals surface area contributed by atoms with E-state index < -0.39 is 0 Å². The van der Waals surface area contributed by atoms with Crippen LogP contribution in [0.1, 0.15) is 43.2 Å². The van der Waals surface area contributed by atoms with Gasteiger partial charge >= 0.3 is 0 Å². The first-order chi connectivity index (χ1) is 11.2. The van der Waals surface area contributed by atoms with E-state index in [1.165, 1.54) is 6.42 Å². The predicted molar refractivity (Wildman–Crippen MR) is 105 cm³/mol. The van der Waals surface area contributed by atoms with E-state index in [-0.39, 0.29) is 0 Å². The van der Waals surface area contributed by atoms with E-state index in [1.807, 2.05) is 48.5 Å². The van der Waals surface area contributed by atoms with Gasteiger partial charge in [0.25, 0.3) is 0 Å². The van der Waals surface area contributed by atoms with Crippen molar-refractivity contribution in [2.24, 2.45) is 0 Å². The van der Waals surface area contributed by atoms with Gasteiger partial charge in [-0.15, -0.1) is 0 Å². The Morgan fingerprint density at radius 2 is 0.957 bits per heavy atom. The Hall–Kier alpha value is -1.48. The molecule has 0 unspecified atom stereocenters. The highest BCUT2D eigenvalue weighted by atomic mass is 79.9. The molecular weight excluding hydrogens is 412 g/mol. The molecule has 0 saturated heterocycles. The normalized spacial score (nSPS) is 9.48. The van der Waals surface area contributed by atoms with Crippen LogP contribution in [0.25, 0.3) is 0 Å². The highest BCUT2D eigenvalue weighted by molar-refractivity contribution is 9.10. The molecule has 0 heterocycles. The smallest absolute Gasteiger partial charge is 0.0246 e. The van der Waals surface area contributed by atoms with Gasteiger partial charge in [0.1, 0.15) is 0 Å². The van der Waals surface area contributed by atoms with E-state index in [0.717, 1.165) is 45.8 Å². The Morgan fingerprint density at radius 3 is 1.35 bits per heavy atom. The zero-order chi connectivity index (χ0) is 16.3. The quantitative estimate of drug-likeness (QED) is 0.381. The Labute approximate surface area is 156 Å². The van der Waals surface area contributed by atoms with E-state index >= 15 is 0 Å². The summed E-state index contributed by atoms with van der Waals surface area (Å²) in [4.78, 5) is 0. The van der Waals surface area contributed by atoms with Crippen molar-refractivity contribution in [3.05, 3.63) is 68.6 Å². The fraction of sp³-hybridized carbons (Fsp3) is 0.238. The number of halogens is 2. The highest BCUT2D eigenvalue weighted by Gasteiger charge is 1.89. The van der Waals surface area contributed by atoms with Crippen LogP contribution in [-0.2, 0) is 0 Å². The average molecular weight is 430 g/mol. The van der Waals surface area contributed by atoms with Crippen molar-refractivity contribution in [2.45, 2.75) is 32.1 Å². The topological polar surface area (TPSA) is 0 Å². The van der Waals surface area contributed by atoms with Crippen LogP contribution < -0.4 is 0 Å². The molecule has 0 bridgehead atoms. The van der Waals surface area contributed by atoms with Gasteiger partial charge < -0.3 is 0 Å². The van der Waals surface area contributed by atoms with Crippen LogP contribution in [0, 0.1) is 23.7 Å². The third-order valence-electron chi connectivity index (χ3n) is 3.26. The summed E-state index contributed by atoms with van der Waals surface area (Å²) in [5.74, 6) is 12.9. The van der Waals surface area contributed by atoms with Crippen LogP contribution in [0.4, 0.5) is 0 Å². The monoisotopic (exact) mass is 428 g/mol. The predicted octanol–water partition coefficient (Wildman–Crippen LogP) is 6.57. The molecule has 23 heavy (non-hydrogen) atoms. The first-order valence-electron chi connectivity index (χ1n) is 7.73. The van der Waals surface area contributed by atoms with Crippen molar-refractivity contribution in [1.29, 1.82) is 0 Å². The molecule has 0 N–H and O–H groups in total. The Balaban J connectivity index is 1.60. The molecule has 0 aromatic heterocycles. The van der Waals surface area contributed by atoms with Crippen molar-refractivity contribution in [2.75, 3.05) is 0 Å². The molecule has 0 radical (unpaired) electrons. The molecule has 2 rings (SSSR count). The summed E-state index contributed by atoms with van der Waals surface area (Å²) in [6, 6.07) is 16.2. The molecule has 0 aliphatic rings. The Morgan fingerprint density at radius 1 is 0.565 bits per heavy atom. The third-order valence-corrected chi connectivity index (χ3v) is 4.31. The van der Waals surface area contributed by atoms with Crippen LogP contribution in [0.15, 0.2) is 57.5 Å². The molecule has 0 amide bonds. The van der Waals surface area contributed by atoms with Crippen molar-refractivity contribution >= 4 is 31.9 Å². The number of benzene rings is 2. The van der Waals surface area contributed by atoms with Gasteiger partial charge in [0.2, 0.25) is 0 Å². The van der Waals surface area contributed by atoms with Gasteiger partial charge in [-0.25, -0.2) is 0 Å². The number of rotatable bonds is 4. The number of hydrogen-bond donors (Lipinski definition) is 0. The van der Waals surface area contributed by atoms with Gasteiger partial charge in [-0.3, -0.25) is 0 Å². The zero-order valence-electron chi connectivity index (χ0n) is 12.9. The first-order valence-corrected chi connectivity index (χ1v) is 9.31. The summed E-state index contributed by atoms with van der Waals surface area (Å²) < 4.78 is 2.18. The molecule has 0 nitrogen and oxygen atoms in total. The molecule has 116 valence electrons. The third kappa shape index (κ3) is 7.56. The molecule has 2 aromatic rings. The largest absolute Gasteiger partial charge is 0.0979 e. The van der Waals surface area contributed by atoms with E-state index in [4.69, 9.17) is 0 Å². The van der Waals surface area contributed by atoms with Gasteiger partial charge in [-0.2, -0.15) is 0 Å². The van der Waals surface area contributed by atoms with Crippen molar-refractivity contribution in [1.82, 2.24) is 0 Å². The molecule has 0 aliphatic carbocycles. The molecule has 0 aliphatic heterocycles. The maximum Gasteiger partial charge on any atom is 0.0246 e. The van der Waals surface area contributed by atoms with Crippen LogP contribution in [-0.4, -0.2) is 0 Å². The molecular formula is C21H18Br2. The SMILES string of the molecule is Brc1ccc(C#CCCCCCC#Cc2ccc(Br)cc2)cc1. The van der Waals surface area contributed by atoms with Crippen molar-refractivity contribution in [3.8, 4) is 23.7 Å². The molecule has 2 aromatic carbocycles. The van der Waals surface area contributed by atoms with Gasteiger partial charge in [0.05, 0.1) is 0 Å². The summed E-state index contributed by atoms with van der Waals surface area (Å²) in [6.07, 6.45) is 5.38. The van der Waals surface area contributed by atoms with Gasteiger partial charge in [0, 0.05) is 32.9 Å². The Bertz CT molecular complexity index is 654. The van der Waals surface area contributed by atoms with Gasteiger partial charge in [-0.05, 0) is 61.4 Å². The Kier molecular flexibility index (Phi) is 8.02. The summed E-state index contributed by atoms with van der Waals surface area (Å²) >= 11 is 6.85. The summed E-state index contributed by atoms with van der Waals surface area (Å²) in [6.45, 7) is 0. The standard InChI is InChI=1S/C21H18Br2/c22-20-14-10-18(11-15-20)8-6-4-2-1-3-5-7-9-19-12-16-21(23)17-13-19/h10-17H,1-5H2. The minimum Gasteiger partial charge on any atom is -0.0979 e. The lowest BCUT2D eigenvalue weighted by atomic mass is 10.1. The van der Waals surface area contributed by atoms with E-state index in [9.17, 15) is 0 Å². The van der Waals surface area contributed by atoms with Gasteiger partial charge in [-0.1, -0.05) is 62.0 Å². The van der Waals surface area contributed by atoms with Gasteiger partial charge in [0.15, 0.2) is 0 Å². The summed E-state index contributed by atoms with van der Waals surface area (Å²) in [7, 11) is 0.